The van der Waals surface area contributed by atoms with Crippen molar-refractivity contribution in [1.82, 2.24) is 9.38 Å². The fraction of sp³-hybridized carbons (Fsp3) is 0.125. The zero-order chi connectivity index (χ0) is 14.7. The fourth-order valence-corrected chi connectivity index (χ4v) is 2.19. The van der Waals surface area contributed by atoms with Crippen LogP contribution in [0.2, 0.25) is 0 Å². The quantitative estimate of drug-likeness (QED) is 0.781. The highest BCUT2D eigenvalue weighted by atomic mass is 16.5. The van der Waals surface area contributed by atoms with Gasteiger partial charge in [-0.3, -0.25) is 4.40 Å². The Labute approximate surface area is 121 Å². The smallest absolute Gasteiger partial charge is 0.354 e. The number of pyridine rings is 1. The van der Waals surface area contributed by atoms with Crippen LogP contribution in [0.4, 0.5) is 0 Å². The molecule has 0 saturated carbocycles. The van der Waals surface area contributed by atoms with Gasteiger partial charge in [-0.2, -0.15) is 0 Å². The monoisotopic (exact) mass is 282 g/mol. The lowest BCUT2D eigenvalue weighted by Gasteiger charge is -2.06. The molecule has 2 aromatic heterocycles. The third-order valence-electron chi connectivity index (χ3n) is 3.20. The standard InChI is InChI=1S/C16H14N2O3/c19-16(20)14-9-17-15-13(7-4-8-18(14)15)11-21-10-12-5-2-1-3-6-12/h1-9H,10-11H2,(H,19,20). The van der Waals surface area contributed by atoms with Gasteiger partial charge in [0.1, 0.15) is 5.65 Å². The third-order valence-corrected chi connectivity index (χ3v) is 3.20. The molecule has 0 aliphatic rings. The third kappa shape index (κ3) is 2.78. The van der Waals surface area contributed by atoms with E-state index in [1.807, 2.05) is 36.4 Å². The van der Waals surface area contributed by atoms with Crippen molar-refractivity contribution in [3.05, 3.63) is 71.7 Å². The summed E-state index contributed by atoms with van der Waals surface area (Å²) in [5, 5.41) is 9.10. The van der Waals surface area contributed by atoms with Gasteiger partial charge in [-0.05, 0) is 11.6 Å². The molecule has 1 aromatic carbocycles. The number of carbonyl (C=O) groups is 1. The Morgan fingerprint density at radius 3 is 2.71 bits per heavy atom. The van der Waals surface area contributed by atoms with Crippen molar-refractivity contribution < 1.29 is 14.6 Å². The summed E-state index contributed by atoms with van der Waals surface area (Å²) < 4.78 is 7.24. The molecule has 0 radical (unpaired) electrons. The van der Waals surface area contributed by atoms with Gasteiger partial charge in [-0.1, -0.05) is 36.4 Å². The lowest BCUT2D eigenvalue weighted by atomic mass is 10.2. The minimum absolute atomic E-state index is 0.148. The van der Waals surface area contributed by atoms with Crippen molar-refractivity contribution in [3.63, 3.8) is 0 Å². The maximum atomic E-state index is 11.1. The van der Waals surface area contributed by atoms with E-state index in [4.69, 9.17) is 9.84 Å². The van der Waals surface area contributed by atoms with Crippen LogP contribution in [0.1, 0.15) is 21.6 Å². The first kappa shape index (κ1) is 13.3. The van der Waals surface area contributed by atoms with E-state index < -0.39 is 5.97 Å². The van der Waals surface area contributed by atoms with E-state index in [-0.39, 0.29) is 5.69 Å². The first-order chi connectivity index (χ1) is 10.3. The summed E-state index contributed by atoms with van der Waals surface area (Å²) in [6, 6.07) is 13.6. The molecule has 5 heteroatoms. The number of ether oxygens (including phenoxy) is 1. The number of hydrogen-bond donors (Lipinski definition) is 1. The summed E-state index contributed by atoms with van der Waals surface area (Å²) in [5.41, 5.74) is 2.72. The van der Waals surface area contributed by atoms with Crippen LogP contribution in [0.5, 0.6) is 0 Å². The van der Waals surface area contributed by atoms with Crippen LogP contribution < -0.4 is 0 Å². The van der Waals surface area contributed by atoms with Gasteiger partial charge in [-0.15, -0.1) is 0 Å². The van der Waals surface area contributed by atoms with E-state index >= 15 is 0 Å². The maximum Gasteiger partial charge on any atom is 0.354 e. The molecule has 106 valence electrons. The van der Waals surface area contributed by atoms with Crippen molar-refractivity contribution in [2.45, 2.75) is 13.2 Å². The van der Waals surface area contributed by atoms with Crippen LogP contribution in [0.25, 0.3) is 5.65 Å². The van der Waals surface area contributed by atoms with Gasteiger partial charge in [0.2, 0.25) is 0 Å². The normalized spacial score (nSPS) is 10.9. The molecule has 0 unspecified atom stereocenters. The lowest BCUT2D eigenvalue weighted by molar-refractivity contribution is 0.0689. The minimum atomic E-state index is -0.996. The second kappa shape index (κ2) is 5.76. The SMILES string of the molecule is O=C(O)c1cnc2c(COCc3ccccc3)cccn12. The van der Waals surface area contributed by atoms with Crippen LogP contribution in [0.15, 0.2) is 54.9 Å². The molecule has 0 aliphatic carbocycles. The molecule has 0 fully saturated rings. The second-order valence-corrected chi connectivity index (χ2v) is 4.65. The highest BCUT2D eigenvalue weighted by molar-refractivity contribution is 5.86. The van der Waals surface area contributed by atoms with Gasteiger partial charge in [0.05, 0.1) is 19.4 Å². The molecule has 1 N–H and O–H groups in total. The Bertz CT molecular complexity index is 766. The number of aromatic nitrogens is 2. The second-order valence-electron chi connectivity index (χ2n) is 4.65. The predicted molar refractivity (Wildman–Crippen MR) is 77.1 cm³/mol. The lowest BCUT2D eigenvalue weighted by Crippen LogP contribution is -2.03. The van der Waals surface area contributed by atoms with Crippen molar-refractivity contribution in [2.75, 3.05) is 0 Å². The molecule has 0 atom stereocenters. The van der Waals surface area contributed by atoms with E-state index in [1.54, 1.807) is 16.7 Å². The molecule has 3 aromatic rings. The molecule has 0 amide bonds. The molecule has 0 saturated heterocycles. The molecule has 2 heterocycles. The van der Waals surface area contributed by atoms with E-state index in [1.165, 1.54) is 6.20 Å². The number of imidazole rings is 1. The summed E-state index contributed by atoms with van der Waals surface area (Å²) in [5.74, 6) is -0.996. The van der Waals surface area contributed by atoms with Gasteiger partial charge in [-0.25, -0.2) is 9.78 Å². The van der Waals surface area contributed by atoms with Crippen LogP contribution in [0, 0.1) is 0 Å². The molecule has 0 bridgehead atoms. The average Bonchev–Trinajstić information content (AvgIpc) is 2.93. The molecule has 21 heavy (non-hydrogen) atoms. The van der Waals surface area contributed by atoms with Crippen molar-refractivity contribution in [2.24, 2.45) is 0 Å². The molecular weight excluding hydrogens is 268 g/mol. The summed E-state index contributed by atoms with van der Waals surface area (Å²) in [7, 11) is 0. The zero-order valence-electron chi connectivity index (χ0n) is 11.3. The first-order valence-electron chi connectivity index (χ1n) is 6.55. The maximum absolute atomic E-state index is 11.1. The fourth-order valence-electron chi connectivity index (χ4n) is 2.19. The summed E-state index contributed by atoms with van der Waals surface area (Å²) in [6.45, 7) is 0.893. The molecule has 0 aliphatic heterocycles. The van der Waals surface area contributed by atoms with Crippen LogP contribution >= 0.6 is 0 Å². The molecular formula is C16H14N2O3. The van der Waals surface area contributed by atoms with Crippen LogP contribution in [-0.2, 0) is 18.0 Å². The molecule has 0 spiro atoms. The number of nitrogens with zero attached hydrogens (tertiary/aromatic N) is 2. The number of hydrogen-bond acceptors (Lipinski definition) is 3. The number of benzene rings is 1. The largest absolute Gasteiger partial charge is 0.477 e. The van der Waals surface area contributed by atoms with E-state index in [9.17, 15) is 4.79 Å². The van der Waals surface area contributed by atoms with Crippen LogP contribution in [-0.4, -0.2) is 20.5 Å². The van der Waals surface area contributed by atoms with E-state index in [2.05, 4.69) is 4.98 Å². The van der Waals surface area contributed by atoms with E-state index in [0.29, 0.717) is 18.9 Å². The highest BCUT2D eigenvalue weighted by Crippen LogP contribution is 2.14. The number of fused-ring (bicyclic) bond motifs is 1. The van der Waals surface area contributed by atoms with Gasteiger partial charge >= 0.3 is 5.97 Å². The Hall–Kier alpha value is -2.66. The number of carboxylic acid groups (broad SMARTS) is 1. The number of aromatic carboxylic acids is 1. The summed E-state index contributed by atoms with van der Waals surface area (Å²) in [4.78, 5) is 15.3. The number of carboxylic acids is 1. The zero-order valence-corrected chi connectivity index (χ0v) is 11.3. The van der Waals surface area contributed by atoms with Crippen molar-refractivity contribution in [1.29, 1.82) is 0 Å². The first-order valence-corrected chi connectivity index (χ1v) is 6.55. The average molecular weight is 282 g/mol. The van der Waals surface area contributed by atoms with Crippen molar-refractivity contribution >= 4 is 11.6 Å². The van der Waals surface area contributed by atoms with Gasteiger partial charge < -0.3 is 9.84 Å². The Morgan fingerprint density at radius 1 is 1.14 bits per heavy atom. The topological polar surface area (TPSA) is 63.8 Å². The Kier molecular flexibility index (Phi) is 3.66. The minimum Gasteiger partial charge on any atom is -0.477 e. The Balaban J connectivity index is 1.77. The van der Waals surface area contributed by atoms with Gasteiger partial charge in [0, 0.05) is 11.8 Å². The number of rotatable bonds is 5. The Morgan fingerprint density at radius 2 is 1.95 bits per heavy atom. The summed E-state index contributed by atoms with van der Waals surface area (Å²) >= 11 is 0. The predicted octanol–water partition coefficient (Wildman–Crippen LogP) is 2.75. The molecule has 5 nitrogen and oxygen atoms in total. The van der Waals surface area contributed by atoms with Crippen molar-refractivity contribution in [3.8, 4) is 0 Å². The van der Waals surface area contributed by atoms with Gasteiger partial charge in [0.25, 0.3) is 0 Å². The molecule has 3 rings (SSSR count). The van der Waals surface area contributed by atoms with Gasteiger partial charge in [0.15, 0.2) is 5.69 Å². The highest BCUT2D eigenvalue weighted by Gasteiger charge is 2.12. The summed E-state index contributed by atoms with van der Waals surface area (Å²) in [6.07, 6.45) is 3.05. The van der Waals surface area contributed by atoms with Crippen LogP contribution in [0.3, 0.4) is 0 Å². The van der Waals surface area contributed by atoms with E-state index in [0.717, 1.165) is 11.1 Å².